The van der Waals surface area contributed by atoms with Crippen LogP contribution in [0.5, 0.6) is 0 Å². The summed E-state index contributed by atoms with van der Waals surface area (Å²) in [5.41, 5.74) is 0. The minimum absolute atomic E-state index is 3.80. The van der Waals surface area contributed by atoms with Crippen LogP contribution in [-0.4, -0.2) is 24.0 Å². The smallest absolute Gasteiger partial charge is 0.388 e. The zero-order valence-corrected chi connectivity index (χ0v) is 8.84. The summed E-state index contributed by atoms with van der Waals surface area (Å²) in [5.74, 6) is 0. The van der Waals surface area contributed by atoms with Gasteiger partial charge in [-0.15, -0.1) is 0 Å². The highest BCUT2D eigenvalue weighted by Crippen LogP contribution is 2.22. The van der Waals surface area contributed by atoms with Crippen LogP contribution in [0, 0.1) is 0 Å². The highest BCUT2D eigenvalue weighted by molar-refractivity contribution is 7.47. The van der Waals surface area contributed by atoms with Gasteiger partial charge in [-0.1, -0.05) is 44.3 Å². The van der Waals surface area contributed by atoms with Crippen LogP contribution >= 0.6 is 44.3 Å². The first-order valence-corrected chi connectivity index (χ1v) is 9.37. The summed E-state index contributed by atoms with van der Waals surface area (Å²) in [6.45, 7) is 0. The van der Waals surface area contributed by atoms with Crippen molar-refractivity contribution in [1.29, 1.82) is 0 Å². The lowest BCUT2D eigenvalue weighted by molar-refractivity contribution is 0.374. The van der Waals surface area contributed by atoms with Gasteiger partial charge in [0.15, 0.2) is 0 Å². The van der Waals surface area contributed by atoms with E-state index in [1.54, 1.807) is 0 Å². The SMILES string of the molecule is O[Si](Cl)(Cl)O[Si](O)(Cl)Cl. The number of hydrogen-bond donors (Lipinski definition) is 2. The van der Waals surface area contributed by atoms with Crippen molar-refractivity contribution in [2.45, 2.75) is 0 Å². The van der Waals surface area contributed by atoms with Gasteiger partial charge in [0.2, 0.25) is 0 Å². The second-order valence-electron chi connectivity index (χ2n) is 1.07. The zero-order valence-electron chi connectivity index (χ0n) is 3.81. The van der Waals surface area contributed by atoms with Gasteiger partial charge in [-0.05, 0) is 0 Å². The molecule has 0 radical (unpaired) electrons. The lowest BCUT2D eigenvalue weighted by Crippen LogP contribution is -2.38. The van der Waals surface area contributed by atoms with Gasteiger partial charge in [0.25, 0.3) is 0 Å². The fraction of sp³-hybridized carbons (Fsp3) is 0. The Balaban J connectivity index is 3.75. The van der Waals surface area contributed by atoms with E-state index in [-0.39, 0.29) is 0 Å². The lowest BCUT2D eigenvalue weighted by Gasteiger charge is -2.13. The molecule has 0 amide bonds. The molecule has 0 aliphatic rings. The summed E-state index contributed by atoms with van der Waals surface area (Å²) in [4.78, 5) is 17.0. The summed E-state index contributed by atoms with van der Waals surface area (Å²) in [5, 5.41) is 0. The second kappa shape index (κ2) is 3.25. The Morgan fingerprint density at radius 2 is 1.11 bits per heavy atom. The molecule has 0 saturated carbocycles. The molecular weight excluding hydrogens is 246 g/mol. The Morgan fingerprint density at radius 3 is 1.11 bits per heavy atom. The molecule has 0 saturated heterocycles. The molecule has 3 nitrogen and oxygen atoms in total. The summed E-state index contributed by atoms with van der Waals surface area (Å²) in [7, 11) is -7.60. The molecule has 9 heavy (non-hydrogen) atoms. The van der Waals surface area contributed by atoms with Crippen LogP contribution in [0.2, 0.25) is 0 Å². The Kier molecular flexibility index (Phi) is 3.78. The van der Waals surface area contributed by atoms with Crippen LogP contribution in [0.4, 0.5) is 0 Å². The normalized spacial score (nSPS) is 14.0. The maximum atomic E-state index is 8.51. The van der Waals surface area contributed by atoms with E-state index in [4.69, 9.17) is 53.9 Å². The van der Waals surface area contributed by atoms with Crippen molar-refractivity contribution >= 4 is 58.7 Å². The molecule has 0 aromatic heterocycles. The van der Waals surface area contributed by atoms with E-state index >= 15 is 0 Å². The molecule has 0 fully saturated rings. The topological polar surface area (TPSA) is 49.7 Å². The van der Waals surface area contributed by atoms with Crippen LogP contribution in [0.15, 0.2) is 0 Å². The van der Waals surface area contributed by atoms with Crippen LogP contribution in [-0.2, 0) is 4.12 Å². The fourth-order valence-corrected chi connectivity index (χ4v) is 6.77. The third kappa shape index (κ3) is 9.47. The molecule has 0 aliphatic heterocycles. The van der Waals surface area contributed by atoms with Gasteiger partial charge in [0.05, 0.1) is 0 Å². The van der Waals surface area contributed by atoms with Gasteiger partial charge in [0.1, 0.15) is 0 Å². The quantitative estimate of drug-likeness (QED) is 0.561. The summed E-state index contributed by atoms with van der Waals surface area (Å²) in [6.07, 6.45) is 0. The third-order valence-electron chi connectivity index (χ3n) is 0.246. The lowest BCUT2D eigenvalue weighted by atomic mass is 15.8. The number of hydrogen-bond acceptors (Lipinski definition) is 3. The highest BCUT2D eigenvalue weighted by Gasteiger charge is 2.42. The number of rotatable bonds is 2. The summed E-state index contributed by atoms with van der Waals surface area (Å²) >= 11 is 19.8. The molecule has 0 spiro atoms. The Hall–Kier alpha value is 1.47. The molecule has 2 N–H and O–H groups in total. The average Bonchev–Trinajstić information content (AvgIpc) is 1.14. The third-order valence-corrected chi connectivity index (χ3v) is 4.99. The summed E-state index contributed by atoms with van der Waals surface area (Å²) < 4.78 is 4.08. The molecule has 0 bridgehead atoms. The first kappa shape index (κ1) is 10.5. The van der Waals surface area contributed by atoms with E-state index in [1.807, 2.05) is 0 Å². The molecule has 0 aromatic rings. The van der Waals surface area contributed by atoms with E-state index in [1.165, 1.54) is 0 Å². The average molecular weight is 248 g/mol. The molecule has 0 heterocycles. The maximum absolute atomic E-state index is 8.51. The van der Waals surface area contributed by atoms with Crippen molar-refractivity contribution in [3.63, 3.8) is 0 Å². The van der Waals surface area contributed by atoms with Crippen LogP contribution < -0.4 is 0 Å². The minimum Gasteiger partial charge on any atom is -0.388 e. The van der Waals surface area contributed by atoms with Crippen molar-refractivity contribution in [2.24, 2.45) is 0 Å². The Bertz CT molecular complexity index is 79.0. The van der Waals surface area contributed by atoms with Gasteiger partial charge in [-0.2, -0.15) is 0 Å². The molecule has 9 heteroatoms. The van der Waals surface area contributed by atoms with Gasteiger partial charge < -0.3 is 13.7 Å². The van der Waals surface area contributed by atoms with Gasteiger partial charge in [-0.3, -0.25) is 0 Å². The predicted octanol–water partition coefficient (Wildman–Crippen LogP) is 0.814. The predicted molar refractivity (Wildman–Crippen MR) is 40.4 cm³/mol. The zero-order chi connectivity index (χ0) is 7.71. The minimum atomic E-state index is -3.80. The van der Waals surface area contributed by atoms with Crippen molar-refractivity contribution in [2.75, 3.05) is 0 Å². The van der Waals surface area contributed by atoms with Crippen LogP contribution in [0.25, 0.3) is 0 Å². The first-order valence-electron chi connectivity index (χ1n) is 1.61. The van der Waals surface area contributed by atoms with Crippen molar-refractivity contribution in [3.05, 3.63) is 0 Å². The molecule has 56 valence electrons. The Labute approximate surface area is 72.4 Å². The number of halogens is 4. The van der Waals surface area contributed by atoms with Crippen molar-refractivity contribution < 1.29 is 13.7 Å². The molecule has 0 rings (SSSR count). The van der Waals surface area contributed by atoms with Gasteiger partial charge in [0, 0.05) is 0 Å². The second-order valence-corrected chi connectivity index (χ2v) is 11.1. The maximum Gasteiger partial charge on any atom is 0.541 e. The van der Waals surface area contributed by atoms with E-state index in [0.717, 1.165) is 0 Å². The van der Waals surface area contributed by atoms with Crippen LogP contribution in [0.3, 0.4) is 0 Å². The molecule has 0 aliphatic carbocycles. The van der Waals surface area contributed by atoms with E-state index in [0.29, 0.717) is 0 Å². The van der Waals surface area contributed by atoms with E-state index in [2.05, 4.69) is 4.12 Å². The van der Waals surface area contributed by atoms with Crippen molar-refractivity contribution in [3.8, 4) is 0 Å². The van der Waals surface area contributed by atoms with E-state index < -0.39 is 14.4 Å². The molecule has 0 aromatic carbocycles. The van der Waals surface area contributed by atoms with Gasteiger partial charge in [-0.25, -0.2) is 0 Å². The summed E-state index contributed by atoms with van der Waals surface area (Å²) in [6, 6.07) is 0. The Morgan fingerprint density at radius 1 is 0.889 bits per heavy atom. The monoisotopic (exact) mass is 246 g/mol. The highest BCUT2D eigenvalue weighted by atomic mass is 35.7. The molecular formula is H2Cl4O3Si2. The first-order chi connectivity index (χ1) is 3.71. The standard InChI is InChI=1S/Cl4H2O3Si2/c1-8(2,5)7-9(3,4)6/h5-6H. The molecule has 0 unspecified atom stereocenters. The fourth-order valence-electron chi connectivity index (χ4n) is 0.148. The van der Waals surface area contributed by atoms with Crippen LogP contribution in [0.1, 0.15) is 0 Å². The van der Waals surface area contributed by atoms with Gasteiger partial charge >= 0.3 is 14.4 Å². The van der Waals surface area contributed by atoms with Crippen molar-refractivity contribution in [1.82, 2.24) is 0 Å². The largest absolute Gasteiger partial charge is 0.541 e. The molecule has 0 atom stereocenters. The van der Waals surface area contributed by atoms with E-state index in [9.17, 15) is 0 Å².